The minimum atomic E-state index is -3.01. The molecule has 34 heavy (non-hydrogen) atoms. The average molecular weight is 465 g/mol. The lowest BCUT2D eigenvalue weighted by Crippen LogP contribution is -2.66. The molecule has 1 aliphatic rings. The van der Waals surface area contributed by atoms with E-state index in [1.54, 1.807) is 30.9 Å². The fourth-order valence-corrected chi connectivity index (χ4v) is 4.15. The quantitative estimate of drug-likeness (QED) is 0.507. The van der Waals surface area contributed by atoms with Gasteiger partial charge in [0.2, 0.25) is 11.8 Å². The van der Waals surface area contributed by atoms with Crippen LogP contribution in [0.2, 0.25) is 0 Å². The molecule has 1 fully saturated rings. The highest BCUT2D eigenvalue weighted by Crippen LogP contribution is 2.35. The molecular weight excluding hydrogens is 438 g/mol. The van der Waals surface area contributed by atoms with Crippen LogP contribution in [0.4, 0.5) is 14.5 Å². The largest absolute Gasteiger partial charge is 0.433 e. The second kappa shape index (κ2) is 9.63. The van der Waals surface area contributed by atoms with Gasteiger partial charge >= 0.3 is 6.61 Å². The van der Waals surface area contributed by atoms with Gasteiger partial charge < -0.3 is 15.0 Å². The van der Waals surface area contributed by atoms with Gasteiger partial charge in [0.25, 0.3) is 0 Å². The lowest BCUT2D eigenvalue weighted by Gasteiger charge is -2.49. The first-order valence-corrected chi connectivity index (χ1v) is 11.1. The number of halogens is 2. The van der Waals surface area contributed by atoms with Gasteiger partial charge in [0.15, 0.2) is 0 Å². The summed E-state index contributed by atoms with van der Waals surface area (Å²) in [6.45, 7) is 0.829. The van der Waals surface area contributed by atoms with Crippen molar-refractivity contribution < 1.29 is 23.1 Å². The summed E-state index contributed by atoms with van der Waals surface area (Å²) < 4.78 is 30.1. The zero-order valence-electron chi connectivity index (χ0n) is 19.1. The Kier molecular flexibility index (Phi) is 6.63. The number of alkyl halides is 2. The summed E-state index contributed by atoms with van der Waals surface area (Å²) in [4.78, 5) is 27.7. The fraction of sp³-hybridized carbons (Fsp3) is 0.259. The number of amides is 2. The standard InChI is InChI=1S/C27H26F2N2O3/c1-18-7-6-10-22(34-26(28)29)24(18)30-25(33)27(2)15-16-31(27)23(32)17-19-11-13-21(14-12-19)20-8-4-3-5-9-20/h3-14,26H,15-17H2,1-2H3,(H,30,33). The number of carbonyl (C=O) groups excluding carboxylic acids is 2. The van der Waals surface area contributed by atoms with Crippen molar-refractivity contribution in [2.24, 2.45) is 0 Å². The third kappa shape index (κ3) is 4.78. The first-order chi connectivity index (χ1) is 16.3. The van der Waals surface area contributed by atoms with Gasteiger partial charge in [-0.1, -0.05) is 66.7 Å². The molecule has 5 nitrogen and oxygen atoms in total. The van der Waals surface area contributed by atoms with E-state index in [0.717, 1.165) is 16.7 Å². The molecule has 0 aromatic heterocycles. The van der Waals surface area contributed by atoms with Crippen LogP contribution in [0.3, 0.4) is 0 Å². The Morgan fingerprint density at radius 3 is 2.29 bits per heavy atom. The molecule has 0 aliphatic carbocycles. The SMILES string of the molecule is Cc1cccc(OC(F)F)c1NC(=O)C1(C)CCN1C(=O)Cc1ccc(-c2ccccc2)cc1. The summed E-state index contributed by atoms with van der Waals surface area (Å²) in [5, 5.41) is 2.71. The Morgan fingerprint density at radius 1 is 1.00 bits per heavy atom. The highest BCUT2D eigenvalue weighted by molar-refractivity contribution is 6.02. The third-order valence-electron chi connectivity index (χ3n) is 6.31. The van der Waals surface area contributed by atoms with Gasteiger partial charge in [-0.05, 0) is 48.6 Å². The van der Waals surface area contributed by atoms with Crippen LogP contribution in [0.25, 0.3) is 11.1 Å². The first kappa shape index (κ1) is 23.4. The zero-order chi connectivity index (χ0) is 24.3. The van der Waals surface area contributed by atoms with Gasteiger partial charge in [0.05, 0.1) is 12.1 Å². The molecule has 1 unspecified atom stereocenters. The molecule has 2 amide bonds. The summed E-state index contributed by atoms with van der Waals surface area (Å²) in [6.07, 6.45) is 0.649. The van der Waals surface area contributed by atoms with E-state index in [2.05, 4.69) is 10.1 Å². The molecule has 1 atom stereocenters. The van der Waals surface area contributed by atoms with Crippen molar-refractivity contribution in [1.29, 1.82) is 0 Å². The van der Waals surface area contributed by atoms with Crippen LogP contribution in [0.1, 0.15) is 24.5 Å². The van der Waals surface area contributed by atoms with Crippen LogP contribution < -0.4 is 10.1 Å². The van der Waals surface area contributed by atoms with Crippen molar-refractivity contribution in [3.63, 3.8) is 0 Å². The fourth-order valence-electron chi connectivity index (χ4n) is 4.15. The van der Waals surface area contributed by atoms with Gasteiger partial charge in [-0.15, -0.1) is 0 Å². The predicted octanol–water partition coefficient (Wildman–Crippen LogP) is 5.44. The highest BCUT2D eigenvalue weighted by Gasteiger charge is 2.49. The Hall–Kier alpha value is -3.74. The van der Waals surface area contributed by atoms with E-state index in [4.69, 9.17) is 0 Å². The topological polar surface area (TPSA) is 58.6 Å². The molecular formula is C27H26F2N2O3. The van der Waals surface area contributed by atoms with Crippen LogP contribution in [-0.2, 0) is 16.0 Å². The number of carbonyl (C=O) groups is 2. The summed E-state index contributed by atoms with van der Waals surface area (Å²) in [5.41, 5.74) is 2.72. The number of benzene rings is 3. The molecule has 176 valence electrons. The van der Waals surface area contributed by atoms with E-state index >= 15 is 0 Å². The monoisotopic (exact) mass is 464 g/mol. The smallest absolute Gasteiger partial charge is 0.387 e. The Labute approximate surface area is 197 Å². The number of likely N-dealkylation sites (tertiary alicyclic amines) is 1. The summed E-state index contributed by atoms with van der Waals surface area (Å²) in [7, 11) is 0. The maximum Gasteiger partial charge on any atom is 0.387 e. The molecule has 1 aliphatic heterocycles. The van der Waals surface area contributed by atoms with Gasteiger partial charge in [0.1, 0.15) is 11.3 Å². The normalized spacial score (nSPS) is 17.3. The molecule has 1 heterocycles. The molecule has 0 spiro atoms. The average Bonchev–Trinajstić information content (AvgIpc) is 2.80. The number of hydrogen-bond donors (Lipinski definition) is 1. The second-order valence-corrected chi connectivity index (χ2v) is 8.59. The van der Waals surface area contributed by atoms with Gasteiger partial charge in [0, 0.05) is 6.54 Å². The lowest BCUT2D eigenvalue weighted by molar-refractivity contribution is -0.154. The van der Waals surface area contributed by atoms with Crippen molar-refractivity contribution in [3.8, 4) is 16.9 Å². The summed E-state index contributed by atoms with van der Waals surface area (Å²) in [5.74, 6) is -0.701. The predicted molar refractivity (Wildman–Crippen MR) is 127 cm³/mol. The number of para-hydroxylation sites is 1. The minimum absolute atomic E-state index is 0.109. The van der Waals surface area contributed by atoms with Gasteiger partial charge in [-0.25, -0.2) is 0 Å². The molecule has 3 aromatic rings. The number of anilines is 1. The van der Waals surface area contributed by atoms with Crippen molar-refractivity contribution in [1.82, 2.24) is 4.90 Å². The second-order valence-electron chi connectivity index (χ2n) is 8.59. The van der Waals surface area contributed by atoms with Crippen LogP contribution in [0.5, 0.6) is 5.75 Å². The van der Waals surface area contributed by atoms with Crippen molar-refractivity contribution in [2.75, 3.05) is 11.9 Å². The van der Waals surface area contributed by atoms with E-state index in [1.807, 2.05) is 54.6 Å². The highest BCUT2D eigenvalue weighted by atomic mass is 19.3. The van der Waals surface area contributed by atoms with E-state index in [9.17, 15) is 18.4 Å². The van der Waals surface area contributed by atoms with E-state index in [1.165, 1.54) is 6.07 Å². The molecule has 0 bridgehead atoms. The summed E-state index contributed by atoms with van der Waals surface area (Å²) >= 11 is 0. The Morgan fingerprint density at radius 2 is 1.68 bits per heavy atom. The van der Waals surface area contributed by atoms with Crippen molar-refractivity contribution in [2.45, 2.75) is 38.8 Å². The molecule has 1 saturated heterocycles. The Bertz CT molecular complexity index is 1180. The number of aryl methyl sites for hydroxylation is 1. The van der Waals surface area contributed by atoms with Crippen LogP contribution in [-0.4, -0.2) is 35.4 Å². The van der Waals surface area contributed by atoms with Gasteiger partial charge in [-0.2, -0.15) is 8.78 Å². The number of nitrogens with one attached hydrogen (secondary N) is 1. The molecule has 4 rings (SSSR count). The van der Waals surface area contributed by atoms with Crippen LogP contribution in [0.15, 0.2) is 72.8 Å². The van der Waals surface area contributed by atoms with E-state index in [0.29, 0.717) is 18.5 Å². The first-order valence-electron chi connectivity index (χ1n) is 11.1. The molecule has 0 radical (unpaired) electrons. The van der Waals surface area contributed by atoms with Gasteiger partial charge in [-0.3, -0.25) is 9.59 Å². The molecule has 3 aromatic carbocycles. The van der Waals surface area contributed by atoms with E-state index in [-0.39, 0.29) is 23.8 Å². The van der Waals surface area contributed by atoms with E-state index < -0.39 is 18.1 Å². The van der Waals surface area contributed by atoms with Crippen LogP contribution in [0, 0.1) is 6.92 Å². The number of ether oxygens (including phenoxy) is 1. The molecule has 1 N–H and O–H groups in total. The maximum atomic E-state index is 13.1. The zero-order valence-corrected chi connectivity index (χ0v) is 19.1. The molecule has 0 saturated carbocycles. The minimum Gasteiger partial charge on any atom is -0.433 e. The Balaban J connectivity index is 1.44. The third-order valence-corrected chi connectivity index (χ3v) is 6.31. The number of nitrogens with zero attached hydrogens (tertiary/aromatic N) is 1. The number of hydrogen-bond acceptors (Lipinski definition) is 3. The summed E-state index contributed by atoms with van der Waals surface area (Å²) in [6, 6.07) is 22.4. The van der Waals surface area contributed by atoms with Crippen LogP contribution >= 0.6 is 0 Å². The maximum absolute atomic E-state index is 13.1. The van der Waals surface area contributed by atoms with Crippen molar-refractivity contribution >= 4 is 17.5 Å². The number of rotatable bonds is 7. The molecule has 7 heteroatoms. The lowest BCUT2D eigenvalue weighted by atomic mass is 9.84. The van der Waals surface area contributed by atoms with Crippen molar-refractivity contribution in [3.05, 3.63) is 83.9 Å².